The van der Waals surface area contributed by atoms with Gasteiger partial charge in [0.05, 0.1) is 25.3 Å². The van der Waals surface area contributed by atoms with Crippen LogP contribution in [-0.2, 0) is 11.3 Å². The average Bonchev–Trinajstić information content (AvgIpc) is 3.08. The van der Waals surface area contributed by atoms with Crippen molar-refractivity contribution in [1.82, 2.24) is 10.3 Å². The fourth-order valence-electron chi connectivity index (χ4n) is 2.23. The minimum absolute atomic E-state index is 0.126. The lowest BCUT2D eigenvalue weighted by molar-refractivity contribution is 0.0237. The van der Waals surface area contributed by atoms with Crippen molar-refractivity contribution in [2.45, 2.75) is 25.5 Å². The van der Waals surface area contributed by atoms with Gasteiger partial charge >= 0.3 is 0 Å². The standard InChI is InChI=1S/C16H18N2O3S/c19-16(18-11-14-2-1-9-22-14)12-3-4-15(17-10-12)21-13-5-7-20-8-6-13/h1-4,9-10,13H,5-8,11H2,(H,18,19). The Morgan fingerprint density at radius 2 is 2.23 bits per heavy atom. The van der Waals surface area contributed by atoms with Gasteiger partial charge in [-0.15, -0.1) is 11.3 Å². The van der Waals surface area contributed by atoms with Gasteiger partial charge in [-0.1, -0.05) is 6.07 Å². The van der Waals surface area contributed by atoms with E-state index in [4.69, 9.17) is 9.47 Å². The Labute approximate surface area is 133 Å². The summed E-state index contributed by atoms with van der Waals surface area (Å²) in [7, 11) is 0. The Bertz CT molecular complexity index is 592. The number of aromatic nitrogens is 1. The summed E-state index contributed by atoms with van der Waals surface area (Å²) in [4.78, 5) is 17.4. The summed E-state index contributed by atoms with van der Waals surface area (Å²) in [5.74, 6) is 0.431. The number of hydrogen-bond acceptors (Lipinski definition) is 5. The zero-order valence-corrected chi connectivity index (χ0v) is 13.0. The lowest BCUT2D eigenvalue weighted by Gasteiger charge is -2.22. The molecule has 116 valence electrons. The second kappa shape index (κ2) is 7.38. The Morgan fingerprint density at radius 1 is 1.36 bits per heavy atom. The predicted molar refractivity (Wildman–Crippen MR) is 84.2 cm³/mol. The molecule has 0 spiro atoms. The van der Waals surface area contributed by atoms with Gasteiger partial charge in [0.25, 0.3) is 5.91 Å². The van der Waals surface area contributed by atoms with Crippen molar-refractivity contribution in [2.24, 2.45) is 0 Å². The second-order valence-electron chi connectivity index (χ2n) is 5.08. The smallest absolute Gasteiger partial charge is 0.253 e. The molecule has 1 fully saturated rings. The van der Waals surface area contributed by atoms with Crippen molar-refractivity contribution in [1.29, 1.82) is 0 Å². The highest BCUT2D eigenvalue weighted by Crippen LogP contribution is 2.16. The molecule has 22 heavy (non-hydrogen) atoms. The fourth-order valence-corrected chi connectivity index (χ4v) is 2.88. The summed E-state index contributed by atoms with van der Waals surface area (Å²) in [6.45, 7) is 2.00. The molecule has 0 atom stereocenters. The molecular weight excluding hydrogens is 300 g/mol. The lowest BCUT2D eigenvalue weighted by Crippen LogP contribution is -2.26. The highest BCUT2D eigenvalue weighted by molar-refractivity contribution is 7.09. The van der Waals surface area contributed by atoms with Crippen LogP contribution >= 0.6 is 11.3 Å². The number of thiophene rings is 1. The highest BCUT2D eigenvalue weighted by atomic mass is 32.1. The summed E-state index contributed by atoms with van der Waals surface area (Å²) in [6.07, 6.45) is 3.47. The molecule has 0 aliphatic carbocycles. The molecule has 3 heterocycles. The van der Waals surface area contributed by atoms with E-state index in [1.54, 1.807) is 29.7 Å². The van der Waals surface area contributed by atoms with Crippen LogP contribution in [0.3, 0.4) is 0 Å². The van der Waals surface area contributed by atoms with Gasteiger partial charge in [-0.05, 0) is 17.5 Å². The summed E-state index contributed by atoms with van der Waals surface area (Å²) in [5, 5.41) is 4.87. The van der Waals surface area contributed by atoms with Crippen LogP contribution in [0.2, 0.25) is 0 Å². The minimum Gasteiger partial charge on any atom is -0.474 e. The molecule has 0 unspecified atom stereocenters. The summed E-state index contributed by atoms with van der Waals surface area (Å²) in [5.41, 5.74) is 0.538. The molecule has 1 aliphatic rings. The summed E-state index contributed by atoms with van der Waals surface area (Å²) < 4.78 is 11.1. The number of carbonyl (C=O) groups is 1. The number of pyridine rings is 1. The maximum absolute atomic E-state index is 12.0. The zero-order valence-electron chi connectivity index (χ0n) is 12.2. The predicted octanol–water partition coefficient (Wildman–Crippen LogP) is 2.63. The van der Waals surface area contributed by atoms with Crippen LogP contribution < -0.4 is 10.1 Å². The molecule has 3 rings (SSSR count). The molecule has 2 aromatic rings. The Balaban J connectivity index is 1.52. The van der Waals surface area contributed by atoms with Gasteiger partial charge < -0.3 is 14.8 Å². The van der Waals surface area contributed by atoms with E-state index in [9.17, 15) is 4.79 Å². The number of rotatable bonds is 5. The monoisotopic (exact) mass is 318 g/mol. The third-order valence-corrected chi connectivity index (χ3v) is 4.33. The molecule has 0 bridgehead atoms. The molecule has 0 aromatic carbocycles. The Kier molecular flexibility index (Phi) is 5.03. The molecule has 0 saturated carbocycles. The maximum Gasteiger partial charge on any atom is 0.253 e. The zero-order chi connectivity index (χ0) is 15.2. The molecule has 0 radical (unpaired) electrons. The fraction of sp³-hybridized carbons (Fsp3) is 0.375. The molecule has 2 aromatic heterocycles. The highest BCUT2D eigenvalue weighted by Gasteiger charge is 2.16. The van der Waals surface area contributed by atoms with Gasteiger partial charge in [0, 0.05) is 30.0 Å². The van der Waals surface area contributed by atoms with Crippen molar-refractivity contribution >= 4 is 17.2 Å². The molecule has 1 saturated heterocycles. The molecule has 1 amide bonds. The lowest BCUT2D eigenvalue weighted by atomic mass is 10.1. The van der Waals surface area contributed by atoms with Crippen molar-refractivity contribution in [3.63, 3.8) is 0 Å². The maximum atomic E-state index is 12.0. The third-order valence-electron chi connectivity index (χ3n) is 3.46. The number of amides is 1. The van der Waals surface area contributed by atoms with Gasteiger partial charge in [0.2, 0.25) is 5.88 Å². The van der Waals surface area contributed by atoms with Gasteiger partial charge in [-0.2, -0.15) is 0 Å². The van der Waals surface area contributed by atoms with E-state index < -0.39 is 0 Å². The number of ether oxygens (including phenoxy) is 2. The topological polar surface area (TPSA) is 60.5 Å². The van der Waals surface area contributed by atoms with Crippen LogP contribution in [0.4, 0.5) is 0 Å². The van der Waals surface area contributed by atoms with E-state index in [1.807, 2.05) is 17.5 Å². The van der Waals surface area contributed by atoms with E-state index >= 15 is 0 Å². The van der Waals surface area contributed by atoms with Crippen molar-refractivity contribution in [3.8, 4) is 5.88 Å². The third kappa shape index (κ3) is 4.05. The normalized spacial score (nSPS) is 15.5. The Morgan fingerprint density at radius 3 is 2.91 bits per heavy atom. The molecule has 1 N–H and O–H groups in total. The first-order valence-electron chi connectivity index (χ1n) is 7.32. The number of carbonyl (C=O) groups excluding carboxylic acids is 1. The van der Waals surface area contributed by atoms with Crippen LogP contribution in [0.5, 0.6) is 5.88 Å². The van der Waals surface area contributed by atoms with Gasteiger partial charge in [-0.25, -0.2) is 4.98 Å². The first kappa shape index (κ1) is 15.0. The molecule has 5 nitrogen and oxygen atoms in total. The minimum atomic E-state index is -0.126. The summed E-state index contributed by atoms with van der Waals surface area (Å²) >= 11 is 1.62. The van der Waals surface area contributed by atoms with Crippen LogP contribution in [0, 0.1) is 0 Å². The van der Waals surface area contributed by atoms with E-state index in [0.29, 0.717) is 18.0 Å². The van der Waals surface area contributed by atoms with Crippen molar-refractivity contribution < 1.29 is 14.3 Å². The van der Waals surface area contributed by atoms with E-state index in [1.165, 1.54) is 0 Å². The van der Waals surface area contributed by atoms with Gasteiger partial charge in [-0.3, -0.25) is 4.79 Å². The number of nitrogens with one attached hydrogen (secondary N) is 1. The van der Waals surface area contributed by atoms with E-state index in [2.05, 4.69) is 10.3 Å². The number of nitrogens with zero attached hydrogens (tertiary/aromatic N) is 1. The molecular formula is C16H18N2O3S. The van der Waals surface area contributed by atoms with Crippen molar-refractivity contribution in [2.75, 3.05) is 13.2 Å². The van der Waals surface area contributed by atoms with Crippen LogP contribution in [-0.4, -0.2) is 30.2 Å². The van der Waals surface area contributed by atoms with Crippen LogP contribution in [0.1, 0.15) is 28.1 Å². The first-order chi connectivity index (χ1) is 10.8. The second-order valence-corrected chi connectivity index (χ2v) is 6.11. The van der Waals surface area contributed by atoms with Crippen molar-refractivity contribution in [3.05, 3.63) is 46.3 Å². The Hall–Kier alpha value is -1.92. The van der Waals surface area contributed by atoms with E-state index in [0.717, 1.165) is 30.9 Å². The van der Waals surface area contributed by atoms with Gasteiger partial charge in [0.1, 0.15) is 6.10 Å². The first-order valence-corrected chi connectivity index (χ1v) is 8.20. The summed E-state index contributed by atoms with van der Waals surface area (Å²) in [6, 6.07) is 7.45. The molecule has 1 aliphatic heterocycles. The molecule has 6 heteroatoms. The quantitative estimate of drug-likeness (QED) is 0.920. The SMILES string of the molecule is O=C(NCc1cccs1)c1ccc(OC2CCOCC2)nc1. The average molecular weight is 318 g/mol. The van der Waals surface area contributed by atoms with Crippen LogP contribution in [0.25, 0.3) is 0 Å². The van der Waals surface area contributed by atoms with Gasteiger partial charge in [0.15, 0.2) is 0 Å². The number of hydrogen-bond donors (Lipinski definition) is 1. The van der Waals surface area contributed by atoms with E-state index in [-0.39, 0.29) is 12.0 Å². The van der Waals surface area contributed by atoms with Crippen LogP contribution in [0.15, 0.2) is 35.8 Å². The largest absolute Gasteiger partial charge is 0.474 e.